The van der Waals surface area contributed by atoms with E-state index in [0.29, 0.717) is 6.54 Å². The first kappa shape index (κ1) is 25.8. The Labute approximate surface area is 209 Å². The number of nitrogens with zero attached hydrogens (tertiary/aromatic N) is 1. The smallest absolute Gasteiger partial charge is 0.406 e. The Morgan fingerprint density at radius 2 is 1.58 bits per heavy atom. The number of carbonyl (C=O) groups is 1. The van der Waals surface area contributed by atoms with E-state index < -0.39 is 6.36 Å². The number of hydrogen-bond donors (Lipinski definition) is 1. The van der Waals surface area contributed by atoms with Crippen LogP contribution in [-0.2, 0) is 4.79 Å². The lowest BCUT2D eigenvalue weighted by atomic mass is 9.98. The van der Waals surface area contributed by atoms with Gasteiger partial charge in [0.1, 0.15) is 5.75 Å². The molecule has 3 aromatic carbocycles. The molecule has 1 amide bonds. The third-order valence-electron chi connectivity index (χ3n) is 6.97. The lowest BCUT2D eigenvalue weighted by molar-refractivity contribution is -0.274. The van der Waals surface area contributed by atoms with Gasteiger partial charge in [-0.3, -0.25) is 4.79 Å². The quantitative estimate of drug-likeness (QED) is 0.356. The number of ether oxygens (including phenoxy) is 1. The summed E-state index contributed by atoms with van der Waals surface area (Å²) in [4.78, 5) is 15.4. The number of benzene rings is 3. The molecule has 0 aliphatic heterocycles. The molecule has 2 N–H and O–H groups in total. The van der Waals surface area contributed by atoms with Crippen molar-refractivity contribution < 1.29 is 22.7 Å². The van der Waals surface area contributed by atoms with Crippen molar-refractivity contribution in [3.63, 3.8) is 0 Å². The summed E-state index contributed by atoms with van der Waals surface area (Å²) in [5, 5.41) is 0. The summed E-state index contributed by atoms with van der Waals surface area (Å²) in [6.07, 6.45) is -2.98. The van der Waals surface area contributed by atoms with Gasteiger partial charge in [-0.1, -0.05) is 74.9 Å². The van der Waals surface area contributed by atoms with Gasteiger partial charge in [-0.15, -0.1) is 13.2 Å². The van der Waals surface area contributed by atoms with E-state index in [1.807, 2.05) is 42.5 Å². The SMILES string of the molecule is CC[C@H](C)[C@H](N)CN(C(=O)[C@@H]1C[C@H]1c1ccccc1)c1ccc(-c2ccc(OC(F)(F)F)cc2)cc1. The van der Waals surface area contributed by atoms with Crippen molar-refractivity contribution in [1.29, 1.82) is 0 Å². The van der Waals surface area contributed by atoms with Crippen LogP contribution in [0.2, 0.25) is 0 Å². The second-order valence-corrected chi connectivity index (χ2v) is 9.48. The summed E-state index contributed by atoms with van der Waals surface area (Å²) in [6.45, 7) is 4.60. The van der Waals surface area contributed by atoms with Crippen LogP contribution in [0, 0.1) is 11.8 Å². The Bertz CT molecular complexity index is 1150. The molecule has 36 heavy (non-hydrogen) atoms. The zero-order chi connectivity index (χ0) is 25.9. The number of hydrogen-bond acceptors (Lipinski definition) is 3. The second-order valence-electron chi connectivity index (χ2n) is 9.48. The van der Waals surface area contributed by atoms with Gasteiger partial charge in [0.2, 0.25) is 5.91 Å². The number of rotatable bonds is 9. The molecule has 0 spiro atoms. The Morgan fingerprint density at radius 3 is 2.14 bits per heavy atom. The monoisotopic (exact) mass is 496 g/mol. The van der Waals surface area contributed by atoms with Gasteiger partial charge in [-0.25, -0.2) is 0 Å². The Morgan fingerprint density at radius 1 is 1.00 bits per heavy atom. The van der Waals surface area contributed by atoms with E-state index in [1.165, 1.54) is 17.7 Å². The fourth-order valence-corrected chi connectivity index (χ4v) is 4.44. The normalized spacial score (nSPS) is 18.8. The van der Waals surface area contributed by atoms with Crippen LogP contribution in [-0.4, -0.2) is 24.9 Å². The zero-order valence-corrected chi connectivity index (χ0v) is 20.4. The molecule has 0 heterocycles. The van der Waals surface area contributed by atoms with Gasteiger partial charge >= 0.3 is 6.36 Å². The lowest BCUT2D eigenvalue weighted by Crippen LogP contribution is -2.45. The summed E-state index contributed by atoms with van der Waals surface area (Å²) in [7, 11) is 0. The molecule has 0 aromatic heterocycles. The standard InChI is InChI=1S/C29H31F3N2O2/c1-3-19(2)27(33)18-34(28(35)26-17-25(26)22-7-5-4-6-8-22)23-13-9-20(10-14-23)21-11-15-24(16-12-21)36-29(30,31)32/h4-16,19,25-27H,3,17-18,33H2,1-2H3/t19-,25-,26+,27+/m0/s1. The molecule has 1 aliphatic rings. The van der Waals surface area contributed by atoms with Crippen molar-refractivity contribution in [3.8, 4) is 16.9 Å². The first-order valence-electron chi connectivity index (χ1n) is 12.2. The first-order valence-corrected chi connectivity index (χ1v) is 12.2. The number of amides is 1. The zero-order valence-electron chi connectivity index (χ0n) is 20.4. The van der Waals surface area contributed by atoms with Crippen molar-refractivity contribution in [2.24, 2.45) is 17.6 Å². The number of halogens is 3. The average Bonchev–Trinajstić information content (AvgIpc) is 3.68. The third kappa shape index (κ3) is 6.26. The molecule has 190 valence electrons. The van der Waals surface area contributed by atoms with Crippen LogP contribution in [0.1, 0.15) is 38.2 Å². The van der Waals surface area contributed by atoms with E-state index in [1.54, 1.807) is 17.0 Å². The van der Waals surface area contributed by atoms with Gasteiger partial charge in [0, 0.05) is 24.2 Å². The number of nitrogens with two attached hydrogens (primary N) is 1. The topological polar surface area (TPSA) is 55.6 Å². The minimum atomic E-state index is -4.73. The van der Waals surface area contributed by atoms with Gasteiger partial charge < -0.3 is 15.4 Å². The summed E-state index contributed by atoms with van der Waals surface area (Å²) in [6, 6.07) is 23.1. The van der Waals surface area contributed by atoms with Crippen LogP contribution in [0.25, 0.3) is 11.1 Å². The van der Waals surface area contributed by atoms with Crippen LogP contribution < -0.4 is 15.4 Å². The minimum Gasteiger partial charge on any atom is -0.406 e. The van der Waals surface area contributed by atoms with E-state index >= 15 is 0 Å². The van der Waals surface area contributed by atoms with Crippen molar-refractivity contribution in [2.45, 2.75) is 45.0 Å². The molecule has 7 heteroatoms. The molecule has 1 fully saturated rings. The maximum atomic E-state index is 13.6. The highest BCUT2D eigenvalue weighted by Gasteiger charge is 2.46. The molecular weight excluding hydrogens is 465 g/mol. The van der Waals surface area contributed by atoms with Gasteiger partial charge in [-0.2, -0.15) is 0 Å². The molecular formula is C29H31F3N2O2. The molecule has 0 unspecified atom stereocenters. The molecule has 3 aromatic rings. The van der Waals surface area contributed by atoms with Gasteiger partial charge in [0.05, 0.1) is 0 Å². The predicted molar refractivity (Wildman–Crippen MR) is 136 cm³/mol. The van der Waals surface area contributed by atoms with Crippen LogP contribution in [0.15, 0.2) is 78.9 Å². The summed E-state index contributed by atoms with van der Waals surface area (Å²) >= 11 is 0. The van der Waals surface area contributed by atoms with Gasteiger partial charge in [0.15, 0.2) is 0 Å². The Hall–Kier alpha value is -3.32. The highest BCUT2D eigenvalue weighted by molar-refractivity contribution is 5.97. The second kappa shape index (κ2) is 10.7. The maximum absolute atomic E-state index is 13.6. The van der Waals surface area contributed by atoms with E-state index in [0.717, 1.165) is 29.7 Å². The van der Waals surface area contributed by atoms with Crippen LogP contribution >= 0.6 is 0 Å². The minimum absolute atomic E-state index is 0.0719. The largest absolute Gasteiger partial charge is 0.573 e. The van der Waals surface area contributed by atoms with E-state index in [-0.39, 0.29) is 35.5 Å². The fraction of sp³-hybridized carbons (Fsp3) is 0.345. The molecule has 0 bridgehead atoms. The Kier molecular flexibility index (Phi) is 7.69. The van der Waals surface area contributed by atoms with Crippen LogP contribution in [0.3, 0.4) is 0 Å². The molecule has 4 atom stereocenters. The first-order chi connectivity index (χ1) is 17.2. The predicted octanol–water partition coefficient (Wildman–Crippen LogP) is 6.76. The molecule has 4 nitrogen and oxygen atoms in total. The molecule has 0 radical (unpaired) electrons. The summed E-state index contributed by atoms with van der Waals surface area (Å²) in [5.74, 6) is 0.219. The highest BCUT2D eigenvalue weighted by Crippen LogP contribution is 2.49. The maximum Gasteiger partial charge on any atom is 0.573 e. The highest BCUT2D eigenvalue weighted by atomic mass is 19.4. The van der Waals surface area contributed by atoms with Crippen molar-refractivity contribution in [1.82, 2.24) is 0 Å². The van der Waals surface area contributed by atoms with E-state index in [2.05, 4.69) is 30.7 Å². The van der Waals surface area contributed by atoms with Crippen molar-refractivity contribution >= 4 is 11.6 Å². The molecule has 1 aliphatic carbocycles. The molecule has 4 rings (SSSR count). The van der Waals surface area contributed by atoms with Crippen molar-refractivity contribution in [3.05, 3.63) is 84.4 Å². The van der Waals surface area contributed by atoms with Crippen molar-refractivity contribution in [2.75, 3.05) is 11.4 Å². The number of anilines is 1. The third-order valence-corrected chi connectivity index (χ3v) is 6.97. The van der Waals surface area contributed by atoms with Crippen LogP contribution in [0.4, 0.5) is 18.9 Å². The number of alkyl halides is 3. The summed E-state index contributed by atoms with van der Waals surface area (Å²) < 4.78 is 41.2. The Balaban J connectivity index is 1.53. The molecule has 0 saturated heterocycles. The average molecular weight is 497 g/mol. The van der Waals surface area contributed by atoms with Gasteiger partial charge in [-0.05, 0) is 59.2 Å². The summed E-state index contributed by atoms with van der Waals surface area (Å²) in [5.41, 5.74) is 9.97. The van der Waals surface area contributed by atoms with Gasteiger partial charge in [0.25, 0.3) is 0 Å². The van der Waals surface area contributed by atoms with E-state index in [4.69, 9.17) is 5.73 Å². The number of carbonyl (C=O) groups excluding carboxylic acids is 1. The fourth-order valence-electron chi connectivity index (χ4n) is 4.44. The van der Waals surface area contributed by atoms with E-state index in [9.17, 15) is 18.0 Å². The van der Waals surface area contributed by atoms with Crippen LogP contribution in [0.5, 0.6) is 5.75 Å². The lowest BCUT2D eigenvalue weighted by Gasteiger charge is -2.29. The molecule has 1 saturated carbocycles.